The van der Waals surface area contributed by atoms with E-state index in [4.69, 9.17) is 28.4 Å². The molecule has 2 heterocycles. The molecule has 8 nitrogen and oxygen atoms in total. The molecular formula is C21H25NO7. The number of fused-ring (bicyclic) bond motifs is 1. The molecule has 29 heavy (non-hydrogen) atoms. The van der Waals surface area contributed by atoms with Crippen LogP contribution in [0.1, 0.15) is 17.2 Å². The van der Waals surface area contributed by atoms with Gasteiger partial charge in [0.15, 0.2) is 23.0 Å². The van der Waals surface area contributed by atoms with Crippen LogP contribution >= 0.6 is 0 Å². The van der Waals surface area contributed by atoms with Gasteiger partial charge in [0.2, 0.25) is 12.5 Å². The minimum absolute atomic E-state index is 0.127. The van der Waals surface area contributed by atoms with E-state index in [0.717, 1.165) is 5.56 Å². The summed E-state index contributed by atoms with van der Waals surface area (Å²) >= 11 is 0. The highest BCUT2D eigenvalue weighted by atomic mass is 16.7. The van der Waals surface area contributed by atoms with Gasteiger partial charge in [-0.3, -0.25) is 4.90 Å². The van der Waals surface area contributed by atoms with Gasteiger partial charge in [-0.25, -0.2) is 0 Å². The fourth-order valence-corrected chi connectivity index (χ4v) is 3.90. The van der Waals surface area contributed by atoms with Crippen LogP contribution < -0.4 is 23.7 Å². The molecule has 1 saturated heterocycles. The summed E-state index contributed by atoms with van der Waals surface area (Å²) in [6, 6.07) is 6.90. The number of hydrogen-bond donors (Lipinski definition) is 1. The van der Waals surface area contributed by atoms with Crippen LogP contribution in [0.5, 0.6) is 34.5 Å². The van der Waals surface area contributed by atoms with Crippen molar-refractivity contribution >= 4 is 0 Å². The Morgan fingerprint density at radius 3 is 2.24 bits per heavy atom. The van der Waals surface area contributed by atoms with Crippen LogP contribution in [0.25, 0.3) is 0 Å². The van der Waals surface area contributed by atoms with Gasteiger partial charge >= 0.3 is 0 Å². The Morgan fingerprint density at radius 2 is 1.59 bits per heavy atom. The largest absolute Gasteiger partial charge is 0.507 e. The van der Waals surface area contributed by atoms with Crippen LogP contribution in [0.4, 0.5) is 0 Å². The van der Waals surface area contributed by atoms with Crippen molar-refractivity contribution in [1.29, 1.82) is 0 Å². The molecule has 2 aliphatic heterocycles. The van der Waals surface area contributed by atoms with E-state index in [0.29, 0.717) is 60.6 Å². The third kappa shape index (κ3) is 3.49. The standard InChI is InChI=1S/C21H25NO7/c1-24-16-5-4-13(20(25-2)21(16)26-3)19(22-6-8-27-9-7-22)14-10-17-18(11-15(14)23)29-12-28-17/h4-5,10-11,19,23H,6-9,12H2,1-3H3/t19-/m1/s1. The molecule has 1 atom stereocenters. The molecule has 0 bridgehead atoms. The van der Waals surface area contributed by atoms with E-state index in [1.54, 1.807) is 27.4 Å². The number of hydrogen-bond acceptors (Lipinski definition) is 8. The van der Waals surface area contributed by atoms with Gasteiger partial charge in [-0.15, -0.1) is 0 Å². The first-order valence-corrected chi connectivity index (χ1v) is 9.41. The van der Waals surface area contributed by atoms with Gasteiger partial charge in [-0.05, 0) is 18.2 Å². The zero-order chi connectivity index (χ0) is 20.4. The Balaban J connectivity index is 1.89. The van der Waals surface area contributed by atoms with Gasteiger partial charge in [0.25, 0.3) is 0 Å². The topological polar surface area (TPSA) is 78.9 Å². The summed E-state index contributed by atoms with van der Waals surface area (Å²) < 4.78 is 33.2. The van der Waals surface area contributed by atoms with Crippen LogP contribution in [0.2, 0.25) is 0 Å². The summed E-state index contributed by atoms with van der Waals surface area (Å²) in [7, 11) is 4.75. The number of nitrogens with zero attached hydrogens (tertiary/aromatic N) is 1. The zero-order valence-corrected chi connectivity index (χ0v) is 16.8. The number of methoxy groups -OCH3 is 3. The zero-order valence-electron chi connectivity index (χ0n) is 16.8. The fraction of sp³-hybridized carbons (Fsp3) is 0.429. The van der Waals surface area contributed by atoms with Crippen molar-refractivity contribution in [2.45, 2.75) is 6.04 Å². The maximum atomic E-state index is 10.8. The summed E-state index contributed by atoms with van der Waals surface area (Å²) in [5.41, 5.74) is 1.54. The second-order valence-corrected chi connectivity index (χ2v) is 6.74. The van der Waals surface area contributed by atoms with Gasteiger partial charge in [-0.2, -0.15) is 0 Å². The lowest BCUT2D eigenvalue weighted by Gasteiger charge is -2.36. The van der Waals surface area contributed by atoms with Gasteiger partial charge in [0.1, 0.15) is 5.75 Å². The number of phenolic OH excluding ortho intramolecular Hbond substituents is 1. The van der Waals surface area contributed by atoms with Crippen molar-refractivity contribution < 1.29 is 33.5 Å². The van der Waals surface area contributed by atoms with Crippen molar-refractivity contribution in [3.8, 4) is 34.5 Å². The van der Waals surface area contributed by atoms with E-state index >= 15 is 0 Å². The first-order chi connectivity index (χ1) is 14.2. The average Bonchev–Trinajstić information content (AvgIpc) is 3.21. The summed E-state index contributed by atoms with van der Waals surface area (Å²) in [4.78, 5) is 2.24. The molecule has 156 valence electrons. The Labute approximate surface area is 169 Å². The second kappa shape index (κ2) is 8.26. The number of ether oxygens (including phenoxy) is 6. The lowest BCUT2D eigenvalue weighted by molar-refractivity contribution is 0.0231. The number of aromatic hydroxyl groups is 1. The Bertz CT molecular complexity index is 880. The lowest BCUT2D eigenvalue weighted by atomic mass is 9.94. The minimum atomic E-state index is -0.303. The summed E-state index contributed by atoms with van der Waals surface area (Å²) in [5.74, 6) is 2.90. The first-order valence-electron chi connectivity index (χ1n) is 9.41. The summed E-state index contributed by atoms with van der Waals surface area (Å²) in [5, 5.41) is 10.8. The molecule has 0 aromatic heterocycles. The van der Waals surface area contributed by atoms with Crippen molar-refractivity contribution in [3.05, 3.63) is 35.4 Å². The minimum Gasteiger partial charge on any atom is -0.507 e. The molecule has 4 rings (SSSR count). The molecule has 0 amide bonds. The summed E-state index contributed by atoms with van der Waals surface area (Å²) in [6.07, 6.45) is 0. The van der Waals surface area contributed by atoms with Crippen LogP contribution in [0.3, 0.4) is 0 Å². The van der Waals surface area contributed by atoms with E-state index in [2.05, 4.69) is 4.90 Å². The van der Waals surface area contributed by atoms with E-state index < -0.39 is 0 Å². The summed E-state index contributed by atoms with van der Waals surface area (Å²) in [6.45, 7) is 2.76. The van der Waals surface area contributed by atoms with Crippen LogP contribution in [0, 0.1) is 0 Å². The van der Waals surface area contributed by atoms with E-state index in [1.807, 2.05) is 18.2 Å². The van der Waals surface area contributed by atoms with Crippen LogP contribution in [-0.2, 0) is 4.74 Å². The highest BCUT2D eigenvalue weighted by Gasteiger charge is 2.33. The molecule has 0 unspecified atom stereocenters. The first kappa shape index (κ1) is 19.5. The van der Waals surface area contributed by atoms with Crippen molar-refractivity contribution in [1.82, 2.24) is 4.90 Å². The molecule has 8 heteroatoms. The molecule has 2 aromatic rings. The molecule has 0 spiro atoms. The maximum Gasteiger partial charge on any atom is 0.231 e. The Morgan fingerprint density at radius 1 is 0.897 bits per heavy atom. The van der Waals surface area contributed by atoms with Crippen molar-refractivity contribution in [2.75, 3.05) is 54.4 Å². The van der Waals surface area contributed by atoms with Crippen molar-refractivity contribution in [3.63, 3.8) is 0 Å². The van der Waals surface area contributed by atoms with Crippen molar-refractivity contribution in [2.24, 2.45) is 0 Å². The van der Waals surface area contributed by atoms with E-state index in [1.165, 1.54) is 0 Å². The quantitative estimate of drug-likeness (QED) is 0.789. The Kier molecular flexibility index (Phi) is 5.55. The van der Waals surface area contributed by atoms with E-state index in [9.17, 15) is 5.11 Å². The molecule has 1 fully saturated rings. The molecule has 2 aromatic carbocycles. The molecule has 0 aliphatic carbocycles. The monoisotopic (exact) mass is 403 g/mol. The number of rotatable bonds is 6. The maximum absolute atomic E-state index is 10.8. The van der Waals surface area contributed by atoms with E-state index in [-0.39, 0.29) is 18.6 Å². The number of morpholine rings is 1. The highest BCUT2D eigenvalue weighted by Crippen LogP contribution is 2.49. The highest BCUT2D eigenvalue weighted by molar-refractivity contribution is 5.61. The lowest BCUT2D eigenvalue weighted by Crippen LogP contribution is -2.39. The molecule has 0 radical (unpaired) electrons. The normalized spacial score (nSPS) is 17.1. The van der Waals surface area contributed by atoms with Crippen LogP contribution in [-0.4, -0.2) is 64.4 Å². The van der Waals surface area contributed by atoms with Gasteiger partial charge < -0.3 is 33.5 Å². The third-order valence-corrected chi connectivity index (χ3v) is 5.26. The molecule has 1 N–H and O–H groups in total. The van der Waals surface area contributed by atoms with Gasteiger partial charge in [-0.1, -0.05) is 0 Å². The SMILES string of the molecule is COc1ccc([C@H](c2cc3c(cc2O)OCO3)N2CCOCC2)c(OC)c1OC. The molecular weight excluding hydrogens is 378 g/mol. The third-order valence-electron chi connectivity index (χ3n) is 5.26. The molecule has 0 saturated carbocycles. The fourth-order valence-electron chi connectivity index (χ4n) is 3.90. The predicted octanol–water partition coefficient (Wildman–Crippen LogP) is 2.57. The van der Waals surface area contributed by atoms with Gasteiger partial charge in [0, 0.05) is 30.3 Å². The predicted molar refractivity (Wildman–Crippen MR) is 105 cm³/mol. The Hall–Kier alpha value is -2.84. The van der Waals surface area contributed by atoms with Gasteiger partial charge in [0.05, 0.1) is 40.6 Å². The van der Waals surface area contributed by atoms with Crippen LogP contribution in [0.15, 0.2) is 24.3 Å². The molecule has 2 aliphatic rings. The number of phenols is 1. The number of benzene rings is 2. The average molecular weight is 403 g/mol. The smallest absolute Gasteiger partial charge is 0.231 e. The second-order valence-electron chi connectivity index (χ2n) is 6.74.